The number of hydrogen-bond acceptors (Lipinski definition) is 7. The predicted octanol–water partition coefficient (Wildman–Crippen LogP) is 6.16. The number of phenolic OH excluding ortho intramolecular Hbond substituents is 1. The molecule has 3 unspecified atom stereocenters. The molecule has 6 rings (SSSR count). The Kier molecular flexibility index (Phi) is 8.18. The summed E-state index contributed by atoms with van der Waals surface area (Å²) in [6, 6.07) is 8.45. The number of imidazole rings is 1. The van der Waals surface area contributed by atoms with Crippen LogP contribution in [-0.4, -0.2) is 74.2 Å². The molecule has 0 aliphatic carbocycles. The largest absolute Gasteiger partial charge is 0.508 e. The van der Waals surface area contributed by atoms with Crippen LogP contribution in [0.3, 0.4) is 0 Å². The number of carbonyl (C=O) groups is 1. The van der Waals surface area contributed by atoms with Crippen molar-refractivity contribution in [2.75, 3.05) is 26.7 Å². The average Bonchev–Trinajstić information content (AvgIpc) is 3.64. The van der Waals surface area contributed by atoms with Gasteiger partial charge in [0.15, 0.2) is 11.3 Å². The Labute approximate surface area is 260 Å². The molecule has 228 valence electrons. The van der Waals surface area contributed by atoms with Crippen LogP contribution in [0.2, 0.25) is 5.02 Å². The van der Waals surface area contributed by atoms with E-state index in [1.165, 1.54) is 12.1 Å². The number of nitriles is 1. The zero-order chi connectivity index (χ0) is 31.1. The summed E-state index contributed by atoms with van der Waals surface area (Å²) in [4.78, 5) is 25.9. The van der Waals surface area contributed by atoms with Gasteiger partial charge in [-0.15, -0.1) is 0 Å². The summed E-state index contributed by atoms with van der Waals surface area (Å²) < 4.78 is 24.9. The number of aryl methyl sites for hydroxylation is 1. The molecule has 2 fully saturated rings. The van der Waals surface area contributed by atoms with Gasteiger partial charge in [-0.2, -0.15) is 5.26 Å². The van der Waals surface area contributed by atoms with Crippen LogP contribution in [0, 0.1) is 24.1 Å². The molecule has 0 saturated carbocycles. The van der Waals surface area contributed by atoms with Crippen LogP contribution in [0.4, 0.5) is 4.39 Å². The second-order valence-corrected chi connectivity index (χ2v) is 12.1. The number of hydrogen-bond donors (Lipinski definition) is 1. The summed E-state index contributed by atoms with van der Waals surface area (Å²) >= 11 is 6.80. The van der Waals surface area contributed by atoms with Gasteiger partial charge in [0, 0.05) is 35.6 Å². The molecule has 4 aromatic rings. The first-order valence-electron chi connectivity index (χ1n) is 14.8. The van der Waals surface area contributed by atoms with E-state index >= 15 is 4.39 Å². The van der Waals surface area contributed by atoms with Crippen LogP contribution >= 0.6 is 11.6 Å². The molecule has 1 N–H and O–H groups in total. The fourth-order valence-electron chi connectivity index (χ4n) is 6.69. The number of rotatable bonds is 7. The van der Waals surface area contributed by atoms with Crippen molar-refractivity contribution in [3.63, 3.8) is 0 Å². The number of halogens is 2. The van der Waals surface area contributed by atoms with Gasteiger partial charge < -0.3 is 24.2 Å². The van der Waals surface area contributed by atoms with Crippen LogP contribution in [0.25, 0.3) is 33.1 Å². The molecule has 4 heterocycles. The number of carbonyl (C=O) groups excluding carboxylic acids is 1. The molecular weight excluding hydrogens is 583 g/mol. The molecule has 3 atom stereocenters. The smallest absolute Gasteiger partial charge is 0.246 e. The van der Waals surface area contributed by atoms with E-state index in [1.54, 1.807) is 29.4 Å². The number of likely N-dealkylation sites (N-methyl/N-ethyl adjacent to an activating group) is 1. The number of fused-ring (bicyclic) bond motifs is 3. The molecule has 2 aromatic carbocycles. The van der Waals surface area contributed by atoms with Crippen LogP contribution < -0.4 is 4.74 Å². The number of aromatic nitrogens is 3. The Morgan fingerprint density at radius 2 is 2.09 bits per heavy atom. The lowest BCUT2D eigenvalue weighted by Crippen LogP contribution is -2.45. The third-order valence-electron chi connectivity index (χ3n) is 9.10. The van der Waals surface area contributed by atoms with Gasteiger partial charge in [-0.05, 0) is 81.6 Å². The Balaban J connectivity index is 1.52. The van der Waals surface area contributed by atoms with Crippen molar-refractivity contribution in [1.82, 2.24) is 24.3 Å². The van der Waals surface area contributed by atoms with Crippen LogP contribution in [0.5, 0.6) is 11.6 Å². The fourth-order valence-corrected chi connectivity index (χ4v) is 6.99. The van der Waals surface area contributed by atoms with Gasteiger partial charge in [0.2, 0.25) is 11.8 Å². The first kappa shape index (κ1) is 29.9. The van der Waals surface area contributed by atoms with Crippen molar-refractivity contribution in [3.8, 4) is 28.8 Å². The van der Waals surface area contributed by atoms with E-state index in [0.717, 1.165) is 24.9 Å². The Morgan fingerprint density at radius 1 is 1.27 bits per heavy atom. The maximum atomic E-state index is 16.6. The Bertz CT molecular complexity index is 1820. The van der Waals surface area contributed by atoms with Crippen molar-refractivity contribution in [2.45, 2.75) is 57.2 Å². The number of amides is 1. The SMILES string of the molecule is C=CC(=O)N1CCC(n2cnc3c(OCC4CCCN4C)nc4c(F)c(-c5cc(O)ccc5C)c(Cl)cc4c32)CC1CC#N. The summed E-state index contributed by atoms with van der Waals surface area (Å²) in [5.41, 5.74) is 2.59. The summed E-state index contributed by atoms with van der Waals surface area (Å²) in [5, 5.41) is 20.4. The van der Waals surface area contributed by atoms with E-state index in [9.17, 15) is 15.2 Å². The normalized spacial score (nSPS) is 20.7. The number of ether oxygens (including phenoxy) is 1. The van der Waals surface area contributed by atoms with Gasteiger partial charge in [-0.3, -0.25) is 4.79 Å². The number of piperidine rings is 1. The molecule has 2 aliphatic heterocycles. The molecular formula is C33H34ClFN6O3. The van der Waals surface area contributed by atoms with Crippen molar-refractivity contribution >= 4 is 39.4 Å². The predicted molar refractivity (Wildman–Crippen MR) is 167 cm³/mol. The van der Waals surface area contributed by atoms with Gasteiger partial charge in [0.05, 0.1) is 29.4 Å². The number of likely N-dealkylation sites (tertiary alicyclic amines) is 2. The Hall–Kier alpha value is -4.20. The quantitative estimate of drug-likeness (QED) is 0.248. The maximum absolute atomic E-state index is 16.6. The van der Waals surface area contributed by atoms with Gasteiger partial charge in [-0.25, -0.2) is 14.4 Å². The minimum atomic E-state index is -0.618. The Morgan fingerprint density at radius 3 is 2.82 bits per heavy atom. The number of phenols is 1. The fraction of sp³-hybridized carbons (Fsp3) is 0.394. The standard InChI is InChI=1S/C33H34ClFN6O3/c1-4-27(43)40-13-10-21(14-20(40)9-11-36)41-18-37-31-32(41)25-16-26(34)28(24-15-23(42)8-7-19(24)2)29(35)30(25)38-33(31)44-17-22-6-5-12-39(22)3/h4,7-8,15-16,18,20-22,42H,1,5-6,9-10,12-14,17H2,2-3H3. The molecule has 2 aliphatic rings. The molecule has 0 bridgehead atoms. The lowest BCUT2D eigenvalue weighted by molar-refractivity contribution is -0.130. The lowest BCUT2D eigenvalue weighted by atomic mass is 9.94. The molecule has 2 saturated heterocycles. The van der Waals surface area contributed by atoms with E-state index in [1.807, 2.05) is 11.5 Å². The van der Waals surface area contributed by atoms with E-state index < -0.39 is 5.82 Å². The van der Waals surface area contributed by atoms with Crippen molar-refractivity contribution in [3.05, 3.63) is 59.7 Å². The highest BCUT2D eigenvalue weighted by Gasteiger charge is 2.33. The van der Waals surface area contributed by atoms with Crippen molar-refractivity contribution < 1.29 is 19.0 Å². The number of aromatic hydroxyl groups is 1. The number of pyridine rings is 1. The van der Waals surface area contributed by atoms with Gasteiger partial charge in [-0.1, -0.05) is 24.2 Å². The van der Waals surface area contributed by atoms with Gasteiger partial charge in [0.1, 0.15) is 17.9 Å². The summed E-state index contributed by atoms with van der Waals surface area (Å²) in [6.45, 7) is 7.26. The molecule has 44 heavy (non-hydrogen) atoms. The third-order valence-corrected chi connectivity index (χ3v) is 9.40. The molecule has 0 spiro atoms. The van der Waals surface area contributed by atoms with E-state index in [0.29, 0.717) is 48.0 Å². The summed E-state index contributed by atoms with van der Waals surface area (Å²) in [7, 11) is 2.06. The number of nitrogens with zero attached hydrogens (tertiary/aromatic N) is 6. The maximum Gasteiger partial charge on any atom is 0.246 e. The zero-order valence-corrected chi connectivity index (χ0v) is 25.5. The van der Waals surface area contributed by atoms with Gasteiger partial charge in [0.25, 0.3) is 0 Å². The average molecular weight is 617 g/mol. The highest BCUT2D eigenvalue weighted by molar-refractivity contribution is 6.34. The zero-order valence-electron chi connectivity index (χ0n) is 24.8. The number of benzene rings is 2. The monoisotopic (exact) mass is 616 g/mol. The highest BCUT2D eigenvalue weighted by Crippen LogP contribution is 2.43. The second kappa shape index (κ2) is 12.1. The van der Waals surface area contributed by atoms with Crippen LogP contribution in [0.15, 0.2) is 43.2 Å². The lowest BCUT2D eigenvalue weighted by Gasteiger charge is -2.38. The van der Waals surface area contributed by atoms with Gasteiger partial charge >= 0.3 is 0 Å². The third kappa shape index (κ3) is 5.24. The van der Waals surface area contributed by atoms with Crippen molar-refractivity contribution in [2.24, 2.45) is 0 Å². The molecule has 9 nitrogen and oxygen atoms in total. The molecule has 2 aromatic heterocycles. The summed E-state index contributed by atoms with van der Waals surface area (Å²) in [6.07, 6.45) is 6.36. The van der Waals surface area contributed by atoms with E-state index in [4.69, 9.17) is 26.3 Å². The molecule has 0 radical (unpaired) electrons. The first-order valence-corrected chi connectivity index (χ1v) is 15.2. The van der Waals surface area contributed by atoms with E-state index in [2.05, 4.69) is 24.6 Å². The van der Waals surface area contributed by atoms with E-state index in [-0.39, 0.29) is 58.2 Å². The summed E-state index contributed by atoms with van der Waals surface area (Å²) in [5.74, 6) is -0.586. The highest BCUT2D eigenvalue weighted by atomic mass is 35.5. The first-order chi connectivity index (χ1) is 21.2. The minimum Gasteiger partial charge on any atom is -0.508 e. The molecule has 1 amide bonds. The topological polar surface area (TPSA) is 108 Å². The second-order valence-electron chi connectivity index (χ2n) is 11.7. The van der Waals surface area contributed by atoms with Crippen LogP contribution in [-0.2, 0) is 4.79 Å². The van der Waals surface area contributed by atoms with Crippen LogP contribution in [0.1, 0.15) is 43.7 Å². The molecule has 11 heteroatoms. The minimum absolute atomic E-state index is 0.000517. The van der Waals surface area contributed by atoms with Crippen molar-refractivity contribution in [1.29, 1.82) is 5.26 Å².